The maximum Gasteiger partial charge on any atom is 0.276 e. The topological polar surface area (TPSA) is 181 Å². The molecule has 3 N–H and O–H groups in total. The SMILES string of the molecule is COc1ncc(-c2nc(N3CCOCC3)nc3c(OC4CCN(c5ccc(C(=O)NO)cn5)CC4)cc(F)cc23)cc1NS(C)(=O)=O. The first kappa shape index (κ1) is 32.1. The Bertz CT molecular complexity index is 1880. The van der Waals surface area contributed by atoms with Gasteiger partial charge in [-0.05, 0) is 24.3 Å². The highest BCUT2D eigenvalue weighted by Crippen LogP contribution is 2.37. The predicted octanol–water partition coefficient (Wildman–Crippen LogP) is 2.61. The zero-order valence-electron chi connectivity index (χ0n) is 25.6. The maximum absolute atomic E-state index is 15.3. The van der Waals surface area contributed by atoms with E-state index in [1.54, 1.807) is 17.6 Å². The van der Waals surface area contributed by atoms with E-state index >= 15 is 4.39 Å². The van der Waals surface area contributed by atoms with Gasteiger partial charge in [-0.1, -0.05) is 0 Å². The number of anilines is 3. The van der Waals surface area contributed by atoms with Crippen LogP contribution in [-0.2, 0) is 14.8 Å². The number of methoxy groups -OCH3 is 1. The first-order valence-electron chi connectivity index (χ1n) is 14.8. The van der Waals surface area contributed by atoms with Crippen molar-refractivity contribution in [2.45, 2.75) is 18.9 Å². The Balaban J connectivity index is 1.33. The molecule has 4 aromatic rings. The molecular weight excluding hydrogens is 635 g/mol. The van der Waals surface area contributed by atoms with Gasteiger partial charge in [-0.2, -0.15) is 0 Å². The molecule has 3 aromatic heterocycles. The van der Waals surface area contributed by atoms with Crippen molar-refractivity contribution in [3.8, 4) is 22.9 Å². The van der Waals surface area contributed by atoms with E-state index in [9.17, 15) is 13.2 Å². The minimum Gasteiger partial charge on any atom is -0.488 e. The number of amides is 1. The number of halogens is 1. The van der Waals surface area contributed by atoms with Crippen molar-refractivity contribution >= 4 is 44.3 Å². The Labute approximate surface area is 269 Å². The van der Waals surface area contributed by atoms with E-state index < -0.39 is 21.7 Å². The van der Waals surface area contributed by atoms with Crippen LogP contribution >= 0.6 is 0 Å². The molecule has 6 rings (SSSR count). The lowest BCUT2D eigenvalue weighted by molar-refractivity contribution is 0.0706. The van der Waals surface area contributed by atoms with Gasteiger partial charge >= 0.3 is 0 Å². The number of rotatable bonds is 9. The third kappa shape index (κ3) is 7.26. The van der Waals surface area contributed by atoms with Crippen LogP contribution in [-0.4, -0.2) is 98.3 Å². The van der Waals surface area contributed by atoms with E-state index in [0.29, 0.717) is 86.2 Å². The summed E-state index contributed by atoms with van der Waals surface area (Å²) in [6.07, 6.45) is 4.85. The lowest BCUT2D eigenvalue weighted by atomic mass is 10.1. The summed E-state index contributed by atoms with van der Waals surface area (Å²) in [5.41, 5.74) is 3.08. The first-order chi connectivity index (χ1) is 22.6. The van der Waals surface area contributed by atoms with Crippen molar-refractivity contribution in [1.82, 2.24) is 25.4 Å². The van der Waals surface area contributed by atoms with Gasteiger partial charge < -0.3 is 24.0 Å². The van der Waals surface area contributed by atoms with Gasteiger partial charge in [0.25, 0.3) is 5.91 Å². The molecule has 0 atom stereocenters. The summed E-state index contributed by atoms with van der Waals surface area (Å²) in [4.78, 5) is 33.9. The molecule has 2 aliphatic rings. The molecule has 0 spiro atoms. The largest absolute Gasteiger partial charge is 0.488 e. The molecule has 47 heavy (non-hydrogen) atoms. The van der Waals surface area contributed by atoms with Gasteiger partial charge in [0.05, 0.1) is 37.8 Å². The van der Waals surface area contributed by atoms with E-state index in [2.05, 4.69) is 19.6 Å². The fourth-order valence-corrected chi connectivity index (χ4v) is 6.09. The fraction of sp³-hybridized carbons (Fsp3) is 0.367. The standard InChI is InChI=1S/C30H33FN8O7S/c1-44-29-23(37-47(2,42)43)13-19(17-33-29)26-22-14-20(31)15-24(27(22)35-30(34-26)39-9-11-45-12-10-39)46-21-5-7-38(8-6-21)25-4-3-18(16-32-25)28(40)36-41/h3-4,13-17,21,37,41H,5-12H2,1-2H3,(H,36,40). The first-order valence-corrected chi connectivity index (χ1v) is 16.7. The van der Waals surface area contributed by atoms with Gasteiger partial charge in [0, 0.05) is 68.4 Å². The van der Waals surface area contributed by atoms with Crippen LogP contribution < -0.4 is 29.5 Å². The molecule has 2 fully saturated rings. The van der Waals surface area contributed by atoms with Crippen molar-refractivity contribution in [2.75, 3.05) is 67.3 Å². The smallest absolute Gasteiger partial charge is 0.276 e. The van der Waals surface area contributed by atoms with E-state index in [1.165, 1.54) is 37.7 Å². The van der Waals surface area contributed by atoms with Gasteiger partial charge in [0.1, 0.15) is 34.7 Å². The number of nitrogens with zero attached hydrogens (tertiary/aromatic N) is 6. The van der Waals surface area contributed by atoms with Crippen molar-refractivity contribution in [1.29, 1.82) is 0 Å². The molecule has 0 aliphatic carbocycles. The number of benzene rings is 1. The molecular formula is C30H33FN8O7S. The van der Waals surface area contributed by atoms with Crippen molar-refractivity contribution in [2.24, 2.45) is 0 Å². The van der Waals surface area contributed by atoms with Crippen molar-refractivity contribution in [3.05, 3.63) is 54.1 Å². The number of ether oxygens (including phenoxy) is 3. The third-order valence-corrected chi connectivity index (χ3v) is 8.39. The van der Waals surface area contributed by atoms with Crippen LogP contribution in [0.1, 0.15) is 23.2 Å². The maximum atomic E-state index is 15.3. The number of morpholine rings is 1. The van der Waals surface area contributed by atoms with E-state index in [-0.39, 0.29) is 29.0 Å². The molecule has 1 amide bonds. The molecule has 17 heteroatoms. The molecule has 5 heterocycles. The van der Waals surface area contributed by atoms with Crippen LogP contribution in [0.3, 0.4) is 0 Å². The highest BCUT2D eigenvalue weighted by molar-refractivity contribution is 7.92. The van der Waals surface area contributed by atoms with Crippen LogP contribution in [0.2, 0.25) is 0 Å². The van der Waals surface area contributed by atoms with Crippen LogP contribution in [0.25, 0.3) is 22.2 Å². The number of aromatic nitrogens is 4. The molecule has 248 valence electrons. The summed E-state index contributed by atoms with van der Waals surface area (Å²) in [7, 11) is -2.30. The quantitative estimate of drug-likeness (QED) is 0.175. The van der Waals surface area contributed by atoms with Gasteiger partial charge in [0.15, 0.2) is 0 Å². The number of carbonyl (C=O) groups excluding carboxylic acids is 1. The number of nitrogens with one attached hydrogen (secondary N) is 2. The van der Waals surface area contributed by atoms with Gasteiger partial charge in [-0.15, -0.1) is 0 Å². The third-order valence-electron chi connectivity index (χ3n) is 7.80. The van der Waals surface area contributed by atoms with Gasteiger partial charge in [0.2, 0.25) is 21.9 Å². The Morgan fingerprint density at radius 1 is 1.04 bits per heavy atom. The number of pyridine rings is 2. The molecule has 15 nitrogen and oxygen atoms in total. The number of carbonyl (C=O) groups is 1. The van der Waals surface area contributed by atoms with E-state index in [0.717, 1.165) is 6.26 Å². The Morgan fingerprint density at radius 3 is 2.47 bits per heavy atom. The second-order valence-electron chi connectivity index (χ2n) is 11.1. The number of piperidine rings is 1. The predicted molar refractivity (Wildman–Crippen MR) is 170 cm³/mol. The normalized spacial score (nSPS) is 15.8. The molecule has 2 saturated heterocycles. The minimum absolute atomic E-state index is 0.0642. The summed E-state index contributed by atoms with van der Waals surface area (Å²) >= 11 is 0. The highest BCUT2D eigenvalue weighted by atomic mass is 32.2. The summed E-state index contributed by atoms with van der Waals surface area (Å²) in [5, 5.41) is 9.21. The van der Waals surface area contributed by atoms with Crippen LogP contribution in [0, 0.1) is 5.82 Å². The average molecular weight is 669 g/mol. The van der Waals surface area contributed by atoms with E-state index in [1.807, 2.05) is 4.90 Å². The Kier molecular flexibility index (Phi) is 9.19. The number of sulfonamides is 1. The monoisotopic (exact) mass is 668 g/mol. The van der Waals surface area contributed by atoms with Crippen LogP contribution in [0.5, 0.6) is 11.6 Å². The number of fused-ring (bicyclic) bond motifs is 1. The highest BCUT2D eigenvalue weighted by Gasteiger charge is 2.26. The summed E-state index contributed by atoms with van der Waals surface area (Å²) in [6, 6.07) is 7.46. The van der Waals surface area contributed by atoms with Crippen molar-refractivity contribution < 1.29 is 37.0 Å². The van der Waals surface area contributed by atoms with E-state index in [4.69, 9.17) is 29.4 Å². The molecule has 1 aromatic carbocycles. The Hall–Kier alpha value is -4.87. The van der Waals surface area contributed by atoms with Crippen LogP contribution in [0.4, 0.5) is 21.8 Å². The molecule has 0 bridgehead atoms. The summed E-state index contributed by atoms with van der Waals surface area (Å²) in [6.45, 7) is 3.26. The van der Waals surface area contributed by atoms with Gasteiger partial charge in [-0.3, -0.25) is 14.7 Å². The molecule has 0 saturated carbocycles. The van der Waals surface area contributed by atoms with Crippen LogP contribution in [0.15, 0.2) is 42.7 Å². The number of hydrogen-bond acceptors (Lipinski definition) is 13. The zero-order valence-corrected chi connectivity index (χ0v) is 26.5. The minimum atomic E-state index is -3.67. The Morgan fingerprint density at radius 2 is 1.81 bits per heavy atom. The zero-order chi connectivity index (χ0) is 33.1. The lowest BCUT2D eigenvalue weighted by Crippen LogP contribution is -2.39. The lowest BCUT2D eigenvalue weighted by Gasteiger charge is -2.33. The molecule has 0 radical (unpaired) electrons. The molecule has 2 aliphatic heterocycles. The molecule has 0 unspecified atom stereocenters. The second kappa shape index (κ2) is 13.5. The fourth-order valence-electron chi connectivity index (χ4n) is 5.54. The van der Waals surface area contributed by atoms with Crippen molar-refractivity contribution in [3.63, 3.8) is 0 Å². The summed E-state index contributed by atoms with van der Waals surface area (Å²) in [5.74, 6) is 0.191. The second-order valence-corrected chi connectivity index (χ2v) is 12.8. The average Bonchev–Trinajstić information content (AvgIpc) is 3.07. The number of hydrogen-bond donors (Lipinski definition) is 3. The van der Waals surface area contributed by atoms with Gasteiger partial charge in [-0.25, -0.2) is 38.2 Å². The number of hydroxylamine groups is 1. The summed E-state index contributed by atoms with van der Waals surface area (Å²) < 4.78 is 59.1.